The average molecular weight is 302 g/mol. The molecule has 1 unspecified atom stereocenters. The van der Waals surface area contributed by atoms with Crippen LogP contribution in [0.3, 0.4) is 0 Å². The van der Waals surface area contributed by atoms with Crippen molar-refractivity contribution in [1.82, 2.24) is 15.1 Å². The minimum Gasteiger partial charge on any atom is -0.347 e. The smallest absolute Gasteiger partial charge is 0.269 e. The molecule has 0 aliphatic rings. The molecule has 0 aliphatic carbocycles. The molecule has 0 saturated heterocycles. The van der Waals surface area contributed by atoms with Gasteiger partial charge in [-0.1, -0.05) is 29.8 Å². The van der Waals surface area contributed by atoms with Crippen LogP contribution in [0.25, 0.3) is 0 Å². The Labute approximate surface area is 111 Å². The number of nitrogens with one attached hydrogen (secondary N) is 1. The molecule has 0 spiro atoms. The molecule has 1 heterocycles. The Morgan fingerprint density at radius 3 is 2.65 bits per heavy atom. The van der Waals surface area contributed by atoms with Crippen molar-refractivity contribution in [2.24, 2.45) is 13.0 Å². The first-order valence-corrected chi connectivity index (χ1v) is 6.93. The second kappa shape index (κ2) is 6.19. The topological polar surface area (TPSA) is 46.9 Å². The lowest BCUT2D eigenvalue weighted by atomic mass is 10.1. The van der Waals surface area contributed by atoms with Crippen molar-refractivity contribution >= 4 is 21.8 Å². The number of nitrogens with zero attached hydrogens (tertiary/aromatic N) is 2. The molecule has 0 aliphatic heterocycles. The molecule has 17 heavy (non-hydrogen) atoms. The summed E-state index contributed by atoms with van der Waals surface area (Å²) in [5, 5.41) is 7.96. The quantitative estimate of drug-likeness (QED) is 0.848. The zero-order valence-corrected chi connectivity index (χ0v) is 12.4. The maximum Gasteiger partial charge on any atom is 0.269 e. The number of alkyl halides is 1. The minimum absolute atomic E-state index is 0.0572. The summed E-state index contributed by atoms with van der Waals surface area (Å²) in [4.78, 5) is 12.0. The van der Waals surface area contributed by atoms with Crippen molar-refractivity contribution in [3.63, 3.8) is 0 Å². The van der Waals surface area contributed by atoms with E-state index in [1.807, 2.05) is 6.92 Å². The van der Waals surface area contributed by atoms with Gasteiger partial charge in [0.15, 0.2) is 0 Å². The second-order valence-corrected chi connectivity index (χ2v) is 5.40. The molecular weight excluding hydrogens is 282 g/mol. The number of halogens is 1. The fourth-order valence-corrected chi connectivity index (χ4v) is 2.24. The number of aromatic nitrogens is 2. The molecule has 4 nitrogen and oxygen atoms in total. The fourth-order valence-electron chi connectivity index (χ4n) is 1.81. The van der Waals surface area contributed by atoms with E-state index in [1.165, 1.54) is 0 Å². The highest BCUT2D eigenvalue weighted by Crippen LogP contribution is 2.09. The summed E-state index contributed by atoms with van der Waals surface area (Å²) in [6.07, 6.45) is 0.966. The van der Waals surface area contributed by atoms with Gasteiger partial charge in [-0.15, -0.1) is 0 Å². The summed E-state index contributed by atoms with van der Waals surface area (Å²) < 4.78 is 1.62. The largest absolute Gasteiger partial charge is 0.347 e. The molecule has 0 bridgehead atoms. The Hall–Kier alpha value is -0.840. The van der Waals surface area contributed by atoms with E-state index < -0.39 is 0 Å². The lowest BCUT2D eigenvalue weighted by Gasteiger charge is -2.18. The first kappa shape index (κ1) is 14.2. The van der Waals surface area contributed by atoms with E-state index in [-0.39, 0.29) is 11.9 Å². The van der Waals surface area contributed by atoms with Crippen LogP contribution in [0.5, 0.6) is 0 Å². The predicted molar refractivity (Wildman–Crippen MR) is 72.4 cm³/mol. The van der Waals surface area contributed by atoms with Crippen molar-refractivity contribution in [2.75, 3.05) is 5.33 Å². The van der Waals surface area contributed by atoms with Gasteiger partial charge in [-0.2, -0.15) is 5.10 Å². The molecule has 1 aromatic rings. The lowest BCUT2D eigenvalue weighted by Crippen LogP contribution is -2.37. The monoisotopic (exact) mass is 301 g/mol. The Kier molecular flexibility index (Phi) is 5.18. The molecule has 5 heteroatoms. The normalized spacial score (nSPS) is 12.8. The van der Waals surface area contributed by atoms with Crippen LogP contribution >= 0.6 is 15.9 Å². The summed E-state index contributed by atoms with van der Waals surface area (Å²) in [6.45, 7) is 6.18. The van der Waals surface area contributed by atoms with Crippen LogP contribution in [0.15, 0.2) is 6.07 Å². The third-order valence-corrected chi connectivity index (χ3v) is 3.29. The Balaban J connectivity index is 2.67. The van der Waals surface area contributed by atoms with Crippen LogP contribution in [0.4, 0.5) is 0 Å². The highest BCUT2D eigenvalue weighted by molar-refractivity contribution is 9.09. The molecule has 1 amide bonds. The van der Waals surface area contributed by atoms with Crippen molar-refractivity contribution in [3.8, 4) is 0 Å². The number of rotatable bonds is 5. The average Bonchev–Trinajstić information content (AvgIpc) is 2.56. The van der Waals surface area contributed by atoms with E-state index in [4.69, 9.17) is 0 Å². The summed E-state index contributed by atoms with van der Waals surface area (Å²) in [5.74, 6) is 0.504. The van der Waals surface area contributed by atoms with E-state index in [0.29, 0.717) is 11.6 Å². The van der Waals surface area contributed by atoms with Crippen LogP contribution in [0.1, 0.15) is 36.5 Å². The molecule has 0 saturated carbocycles. The van der Waals surface area contributed by atoms with Gasteiger partial charge >= 0.3 is 0 Å². The van der Waals surface area contributed by atoms with Gasteiger partial charge in [-0.05, 0) is 25.3 Å². The number of hydrogen-bond acceptors (Lipinski definition) is 2. The van der Waals surface area contributed by atoms with Crippen molar-refractivity contribution in [3.05, 3.63) is 17.5 Å². The molecule has 96 valence electrons. The van der Waals surface area contributed by atoms with Gasteiger partial charge < -0.3 is 5.32 Å². The highest BCUT2D eigenvalue weighted by Gasteiger charge is 2.17. The van der Waals surface area contributed by atoms with Gasteiger partial charge in [-0.3, -0.25) is 9.48 Å². The standard InChI is InChI=1S/C12H20BrN3O/c1-8(2)5-10(7-13)14-12(17)11-6-9(3)15-16(11)4/h6,8,10H,5,7H2,1-4H3,(H,14,17). The summed E-state index contributed by atoms with van der Waals surface area (Å²) >= 11 is 3.43. The molecule has 1 atom stereocenters. The van der Waals surface area contributed by atoms with Crippen molar-refractivity contribution < 1.29 is 4.79 Å². The molecular formula is C12H20BrN3O. The Morgan fingerprint density at radius 2 is 2.24 bits per heavy atom. The zero-order chi connectivity index (χ0) is 13.0. The SMILES string of the molecule is Cc1cc(C(=O)NC(CBr)CC(C)C)n(C)n1. The minimum atomic E-state index is -0.0572. The maximum atomic E-state index is 12.0. The first-order chi connectivity index (χ1) is 7.93. The third kappa shape index (κ3) is 4.15. The van der Waals surface area contributed by atoms with Gasteiger partial charge in [0.05, 0.1) is 5.69 Å². The summed E-state index contributed by atoms with van der Waals surface area (Å²) in [7, 11) is 1.79. The van der Waals surface area contributed by atoms with Crippen LogP contribution < -0.4 is 5.32 Å². The van der Waals surface area contributed by atoms with Crippen LogP contribution in [-0.4, -0.2) is 27.1 Å². The van der Waals surface area contributed by atoms with E-state index in [2.05, 4.69) is 40.2 Å². The molecule has 1 aromatic heterocycles. The van der Waals surface area contributed by atoms with E-state index in [0.717, 1.165) is 17.4 Å². The molecule has 1 rings (SSSR count). The number of aryl methyl sites for hydroxylation is 2. The third-order valence-electron chi connectivity index (χ3n) is 2.51. The number of carbonyl (C=O) groups excluding carboxylic acids is 1. The van der Waals surface area contributed by atoms with Crippen LogP contribution in [0.2, 0.25) is 0 Å². The first-order valence-electron chi connectivity index (χ1n) is 5.81. The van der Waals surface area contributed by atoms with Gasteiger partial charge in [-0.25, -0.2) is 0 Å². The van der Waals surface area contributed by atoms with E-state index in [9.17, 15) is 4.79 Å². The molecule has 0 aromatic carbocycles. The second-order valence-electron chi connectivity index (χ2n) is 4.75. The molecule has 1 N–H and O–H groups in total. The number of amides is 1. The molecule has 0 radical (unpaired) electrons. The Bertz CT molecular complexity index is 387. The lowest BCUT2D eigenvalue weighted by molar-refractivity contribution is 0.0927. The highest BCUT2D eigenvalue weighted by atomic mass is 79.9. The zero-order valence-electron chi connectivity index (χ0n) is 10.8. The summed E-state index contributed by atoms with van der Waals surface area (Å²) in [6, 6.07) is 1.97. The van der Waals surface area contributed by atoms with Gasteiger partial charge in [0.1, 0.15) is 5.69 Å². The predicted octanol–water partition coefficient (Wildman–Crippen LogP) is 2.27. The van der Waals surface area contributed by atoms with Crippen molar-refractivity contribution in [1.29, 1.82) is 0 Å². The van der Waals surface area contributed by atoms with Crippen LogP contribution in [0, 0.1) is 12.8 Å². The van der Waals surface area contributed by atoms with Gasteiger partial charge in [0, 0.05) is 18.4 Å². The van der Waals surface area contributed by atoms with E-state index in [1.54, 1.807) is 17.8 Å². The van der Waals surface area contributed by atoms with Gasteiger partial charge in [0.2, 0.25) is 0 Å². The molecule has 0 fully saturated rings. The fraction of sp³-hybridized carbons (Fsp3) is 0.667. The van der Waals surface area contributed by atoms with Crippen LogP contribution in [-0.2, 0) is 7.05 Å². The van der Waals surface area contributed by atoms with Gasteiger partial charge in [0.25, 0.3) is 5.91 Å². The number of hydrogen-bond donors (Lipinski definition) is 1. The Morgan fingerprint density at radius 1 is 1.59 bits per heavy atom. The van der Waals surface area contributed by atoms with E-state index >= 15 is 0 Å². The number of carbonyl (C=O) groups is 1. The summed E-state index contributed by atoms with van der Waals surface area (Å²) in [5.41, 5.74) is 1.47. The van der Waals surface area contributed by atoms with Crippen molar-refractivity contribution in [2.45, 2.75) is 33.2 Å². The maximum absolute atomic E-state index is 12.0.